The summed E-state index contributed by atoms with van der Waals surface area (Å²) in [4.78, 5) is 14.9. The van der Waals surface area contributed by atoms with E-state index in [4.69, 9.17) is 15.0 Å². The molecule has 3 N–H and O–H groups in total. The molecule has 0 unspecified atom stereocenters. The average Bonchev–Trinajstić information content (AvgIpc) is 1.35. The zero-order valence-electron chi connectivity index (χ0n) is 2.61. The molecule has 7 heavy (non-hydrogen) atoms. The van der Waals surface area contributed by atoms with Crippen LogP contribution < -0.4 is 0 Å². The normalized spacial score (nSPS) is 10.1. The zero-order valence-corrected chi connectivity index (χ0v) is 3.50. The number of hydrogen-bond acceptors (Lipinski definition) is 3. The third-order valence-electron chi connectivity index (χ3n) is 0.106. The van der Waals surface area contributed by atoms with Crippen LogP contribution in [0.1, 0.15) is 0 Å². The second-order valence-electron chi connectivity index (χ2n) is 0.572. The van der Waals surface area contributed by atoms with Crippen LogP contribution in [-0.4, -0.2) is 52.8 Å². The summed E-state index contributed by atoms with van der Waals surface area (Å²) in [7, 11) is -4.59. The first-order valence-electron chi connectivity index (χ1n) is 0.948. The van der Waals surface area contributed by atoms with E-state index in [0.717, 1.165) is 0 Å². The van der Waals surface area contributed by atoms with Gasteiger partial charge in [-0.3, -0.25) is 0 Å². The fourth-order valence-corrected chi connectivity index (χ4v) is 0. The van der Waals surface area contributed by atoms with Crippen molar-refractivity contribution in [1.82, 2.24) is 0 Å². The quantitative estimate of drug-likeness (QED) is 0.189. The molecule has 0 bridgehead atoms. The van der Waals surface area contributed by atoms with E-state index in [1.807, 2.05) is 0 Å². The zero-order chi connectivity index (χ0) is 5.21. The van der Waals surface area contributed by atoms with Gasteiger partial charge in [0.25, 0.3) is 0 Å². The minimum atomic E-state index is -4.59. The Bertz CT molecular complexity index is 72.1. The van der Waals surface area contributed by atoms with Crippen LogP contribution in [0.3, 0.4) is 0 Å². The van der Waals surface area contributed by atoms with Crippen molar-refractivity contribution in [3.63, 3.8) is 0 Å². The van der Waals surface area contributed by atoms with E-state index < -0.39 is 7.82 Å². The fourth-order valence-electron chi connectivity index (χ4n) is 0. The Morgan fingerprint density at radius 1 is 1.43 bits per heavy atom. The fraction of sp³-hybridized carbons (Fsp3) is 0. The van der Waals surface area contributed by atoms with Crippen LogP contribution in [0.5, 0.6) is 0 Å². The van der Waals surface area contributed by atoms with Gasteiger partial charge in [-0.25, -0.2) is 9.82 Å². The molecule has 0 aromatic carbocycles. The Labute approximate surface area is 69.5 Å². The molecule has 0 rings (SSSR count). The Hall–Kier alpha value is 1.33. The first-order valence-corrected chi connectivity index (χ1v) is 2.48. The van der Waals surface area contributed by atoms with Gasteiger partial charge in [0.1, 0.15) is 0 Å². The molecule has 0 saturated carbocycles. The molecule has 0 saturated heterocycles. The molecule has 0 aromatic rings. The van der Waals surface area contributed by atoms with Crippen molar-refractivity contribution in [3.8, 4) is 0 Å². The molecule has 0 aliphatic heterocycles. The van der Waals surface area contributed by atoms with Crippen LogP contribution >= 0.6 is 7.82 Å². The van der Waals surface area contributed by atoms with Crippen molar-refractivity contribution in [1.29, 1.82) is 0 Å². The van der Waals surface area contributed by atoms with E-state index in [0.29, 0.717) is 0 Å². The van der Waals surface area contributed by atoms with Gasteiger partial charge in [-0.15, -0.1) is 4.67 Å². The van der Waals surface area contributed by atoms with E-state index >= 15 is 0 Å². The second kappa shape index (κ2) is 4.23. The molecule has 0 spiro atoms. The van der Waals surface area contributed by atoms with Crippen molar-refractivity contribution in [2.75, 3.05) is 0 Å². The van der Waals surface area contributed by atoms with Gasteiger partial charge in [0.15, 0.2) is 0 Å². The molecule has 0 amide bonds. The van der Waals surface area contributed by atoms with E-state index in [-0.39, 0.29) is 37.7 Å². The van der Waals surface area contributed by atoms with Gasteiger partial charge < -0.3 is 9.79 Å². The summed E-state index contributed by atoms with van der Waals surface area (Å²) >= 11 is 0. The molecular weight excluding hydrogens is 151 g/mol. The Kier molecular flexibility index (Phi) is 6.75. The number of phosphoric acid groups is 1. The van der Waals surface area contributed by atoms with E-state index in [1.54, 1.807) is 0 Å². The molecule has 42 valence electrons. The Morgan fingerprint density at radius 2 is 1.57 bits per heavy atom. The van der Waals surface area contributed by atoms with Crippen LogP contribution in [0.15, 0.2) is 0 Å². The monoisotopic (exact) mass is 156 g/mol. The third-order valence-corrected chi connectivity index (χ3v) is 0.319. The van der Waals surface area contributed by atoms with Crippen LogP contribution in [0.4, 0.5) is 0 Å². The van der Waals surface area contributed by atoms with Crippen LogP contribution in [0, 0.1) is 0 Å². The summed E-state index contributed by atoms with van der Waals surface area (Å²) in [5, 5.41) is 7.14. The van der Waals surface area contributed by atoms with Gasteiger partial charge in [0.2, 0.25) is 0 Å². The van der Waals surface area contributed by atoms with Gasteiger partial charge in [-0.05, 0) is 0 Å². The van der Waals surface area contributed by atoms with Gasteiger partial charge in [-0.2, -0.15) is 0 Å². The summed E-state index contributed by atoms with van der Waals surface area (Å²) in [6.07, 6.45) is 0. The molecular formula is H5CaO5P. The molecule has 0 fully saturated rings. The third kappa shape index (κ3) is 11.1. The molecule has 0 heterocycles. The molecule has 5 nitrogen and oxygen atoms in total. The van der Waals surface area contributed by atoms with Crippen molar-refractivity contribution in [2.45, 2.75) is 0 Å². The number of rotatable bonds is 1. The number of hydrogen-bond donors (Lipinski definition) is 3. The van der Waals surface area contributed by atoms with E-state index in [2.05, 4.69) is 4.67 Å². The second-order valence-corrected chi connectivity index (χ2v) is 1.72. The first kappa shape index (κ1) is 11.2. The van der Waals surface area contributed by atoms with Crippen molar-refractivity contribution < 1.29 is 24.3 Å². The van der Waals surface area contributed by atoms with Gasteiger partial charge in [-0.1, -0.05) is 0 Å². The van der Waals surface area contributed by atoms with Gasteiger partial charge in [0, 0.05) is 0 Å². The molecule has 0 aromatic heterocycles. The predicted octanol–water partition coefficient (Wildman–Crippen LogP) is -1.35. The minimum absolute atomic E-state index is 0. The van der Waals surface area contributed by atoms with Crippen molar-refractivity contribution in [3.05, 3.63) is 0 Å². The average molecular weight is 156 g/mol. The van der Waals surface area contributed by atoms with Crippen molar-refractivity contribution in [2.24, 2.45) is 0 Å². The molecule has 7 heteroatoms. The predicted molar refractivity (Wildman–Crippen MR) is 24.3 cm³/mol. The Balaban J connectivity index is 0. The van der Waals surface area contributed by atoms with E-state index in [9.17, 15) is 4.57 Å². The SMILES string of the molecule is O=P(O)(O)OO.[CaH2]. The summed E-state index contributed by atoms with van der Waals surface area (Å²) in [6, 6.07) is 0. The van der Waals surface area contributed by atoms with Crippen LogP contribution in [0.2, 0.25) is 0 Å². The summed E-state index contributed by atoms with van der Waals surface area (Å²) in [6.45, 7) is 0. The van der Waals surface area contributed by atoms with Gasteiger partial charge >= 0.3 is 45.6 Å². The van der Waals surface area contributed by atoms with Gasteiger partial charge in [0.05, 0.1) is 0 Å². The van der Waals surface area contributed by atoms with Crippen LogP contribution in [-0.2, 0) is 9.24 Å². The standard InChI is InChI=1S/Ca.H3O5P.2H/c;1-5-6(2,3)4;;/h;1H,(H2,2,3,4);;. The maximum absolute atomic E-state index is 9.22. The molecule has 0 radical (unpaired) electrons. The van der Waals surface area contributed by atoms with E-state index in [1.165, 1.54) is 0 Å². The summed E-state index contributed by atoms with van der Waals surface area (Å²) < 4.78 is 11.8. The first-order chi connectivity index (χ1) is 2.56. The molecule has 0 aliphatic carbocycles. The van der Waals surface area contributed by atoms with Crippen LogP contribution in [0.25, 0.3) is 0 Å². The topological polar surface area (TPSA) is 87.0 Å². The Morgan fingerprint density at radius 3 is 1.57 bits per heavy atom. The van der Waals surface area contributed by atoms with Crippen molar-refractivity contribution >= 4 is 45.6 Å². The molecule has 0 aliphatic rings. The maximum atomic E-state index is 9.22. The summed E-state index contributed by atoms with van der Waals surface area (Å²) in [5.74, 6) is 0. The summed E-state index contributed by atoms with van der Waals surface area (Å²) in [5.41, 5.74) is 0. The molecule has 0 atom stereocenters.